The number of rotatable bonds is 2. The van der Waals surface area contributed by atoms with Gasteiger partial charge in [-0.15, -0.1) is 37.2 Å². The van der Waals surface area contributed by atoms with Gasteiger partial charge in [0.05, 0.1) is 0 Å². The van der Waals surface area contributed by atoms with E-state index >= 15 is 0 Å². The van der Waals surface area contributed by atoms with Crippen molar-refractivity contribution in [2.24, 2.45) is 5.73 Å². The van der Waals surface area contributed by atoms with Gasteiger partial charge in [-0.3, -0.25) is 0 Å². The Morgan fingerprint density at radius 2 is 1.86 bits per heavy atom. The Morgan fingerprint density at radius 1 is 1.18 bits per heavy atom. The van der Waals surface area contributed by atoms with Gasteiger partial charge in [-0.25, -0.2) is 4.98 Å². The summed E-state index contributed by atoms with van der Waals surface area (Å²) >= 11 is 0. The first kappa shape index (κ1) is 21.0. The number of nitrogens with zero attached hydrogens (tertiary/aromatic N) is 2. The molecule has 0 fully saturated rings. The third-order valence-electron chi connectivity index (χ3n) is 3.74. The molecule has 0 bridgehead atoms. The van der Waals surface area contributed by atoms with Crippen molar-refractivity contribution in [3.8, 4) is 0 Å². The van der Waals surface area contributed by atoms with Crippen LogP contribution in [-0.4, -0.2) is 11.5 Å². The molecule has 3 rings (SSSR count). The van der Waals surface area contributed by atoms with Crippen LogP contribution in [0.3, 0.4) is 0 Å². The van der Waals surface area contributed by atoms with Crippen LogP contribution in [0.4, 0.5) is 11.5 Å². The summed E-state index contributed by atoms with van der Waals surface area (Å²) in [6.07, 6.45) is 2.99. The maximum Gasteiger partial charge on any atom is 0.135 e. The maximum atomic E-state index is 5.91. The van der Waals surface area contributed by atoms with E-state index in [9.17, 15) is 0 Å². The van der Waals surface area contributed by atoms with Gasteiger partial charge >= 0.3 is 0 Å². The fourth-order valence-corrected chi connectivity index (χ4v) is 2.68. The number of hydrogen-bond donors (Lipinski definition) is 1. The molecule has 122 valence electrons. The van der Waals surface area contributed by atoms with Gasteiger partial charge in [-0.2, -0.15) is 0 Å². The van der Waals surface area contributed by atoms with Crippen molar-refractivity contribution >= 4 is 48.7 Å². The highest BCUT2D eigenvalue weighted by atomic mass is 35.5. The van der Waals surface area contributed by atoms with Crippen molar-refractivity contribution in [1.82, 2.24) is 4.98 Å². The zero-order valence-corrected chi connectivity index (χ0v) is 15.1. The molecule has 0 saturated heterocycles. The van der Waals surface area contributed by atoms with E-state index in [4.69, 9.17) is 5.73 Å². The standard InChI is InChI=1S/C16H19N3.3ClH/c1-11-9-14(12(2)17)10-18-16(11)19-8-7-13-5-3-4-6-15(13)19;;;/h3-6,9-10,12H,7-8,17H2,1-2H3;3*1H. The van der Waals surface area contributed by atoms with Crippen LogP contribution in [0.1, 0.15) is 29.7 Å². The fourth-order valence-electron chi connectivity index (χ4n) is 2.68. The summed E-state index contributed by atoms with van der Waals surface area (Å²) < 4.78 is 0. The summed E-state index contributed by atoms with van der Waals surface area (Å²) in [7, 11) is 0. The number of benzene rings is 1. The zero-order valence-electron chi connectivity index (χ0n) is 12.7. The van der Waals surface area contributed by atoms with E-state index in [1.807, 2.05) is 13.1 Å². The van der Waals surface area contributed by atoms with Crippen molar-refractivity contribution in [2.45, 2.75) is 26.3 Å². The summed E-state index contributed by atoms with van der Waals surface area (Å²) in [4.78, 5) is 6.93. The summed E-state index contributed by atoms with van der Waals surface area (Å²) in [6.45, 7) is 5.10. The van der Waals surface area contributed by atoms with Gasteiger partial charge in [0, 0.05) is 24.5 Å². The molecule has 2 N–H and O–H groups in total. The van der Waals surface area contributed by atoms with Gasteiger partial charge in [0.1, 0.15) is 5.82 Å². The Balaban J connectivity index is 0.00000147. The average molecular weight is 363 g/mol. The first-order valence-corrected chi connectivity index (χ1v) is 6.74. The predicted molar refractivity (Wildman–Crippen MR) is 100 cm³/mol. The molecule has 1 aromatic carbocycles. The highest BCUT2D eigenvalue weighted by molar-refractivity contribution is 5.86. The molecule has 2 aromatic rings. The Bertz CT molecular complexity index is 617. The lowest BCUT2D eigenvalue weighted by atomic mass is 10.1. The quantitative estimate of drug-likeness (QED) is 0.862. The molecule has 1 aliphatic rings. The molecule has 1 aromatic heterocycles. The van der Waals surface area contributed by atoms with Crippen molar-refractivity contribution in [3.05, 3.63) is 53.2 Å². The Kier molecular flexibility index (Phi) is 8.19. The predicted octanol–water partition coefficient (Wildman–Crippen LogP) is 4.37. The minimum absolute atomic E-state index is 0. The maximum absolute atomic E-state index is 5.91. The van der Waals surface area contributed by atoms with E-state index < -0.39 is 0 Å². The Labute approximate surface area is 150 Å². The lowest BCUT2D eigenvalue weighted by Gasteiger charge is -2.21. The van der Waals surface area contributed by atoms with Crippen LogP contribution in [0.5, 0.6) is 0 Å². The number of halogens is 3. The van der Waals surface area contributed by atoms with Crippen LogP contribution in [0, 0.1) is 6.92 Å². The first-order valence-electron chi connectivity index (χ1n) is 6.74. The van der Waals surface area contributed by atoms with Gasteiger partial charge in [0.25, 0.3) is 0 Å². The molecule has 0 amide bonds. The summed E-state index contributed by atoms with van der Waals surface area (Å²) in [6, 6.07) is 10.7. The number of hydrogen-bond acceptors (Lipinski definition) is 3. The second-order valence-electron chi connectivity index (χ2n) is 5.23. The molecule has 6 heteroatoms. The van der Waals surface area contributed by atoms with Gasteiger partial charge in [-0.1, -0.05) is 18.2 Å². The summed E-state index contributed by atoms with van der Waals surface area (Å²) in [5.41, 5.74) is 10.9. The van der Waals surface area contributed by atoms with Crippen LogP contribution in [0.2, 0.25) is 0 Å². The molecule has 0 radical (unpaired) electrons. The van der Waals surface area contributed by atoms with Crippen molar-refractivity contribution in [1.29, 1.82) is 0 Å². The van der Waals surface area contributed by atoms with Crippen LogP contribution in [-0.2, 0) is 6.42 Å². The Morgan fingerprint density at radius 3 is 2.50 bits per heavy atom. The first-order chi connectivity index (χ1) is 9.16. The molecule has 22 heavy (non-hydrogen) atoms. The number of aryl methyl sites for hydroxylation is 1. The topological polar surface area (TPSA) is 42.1 Å². The zero-order chi connectivity index (χ0) is 13.4. The minimum atomic E-state index is 0. The summed E-state index contributed by atoms with van der Waals surface area (Å²) in [5, 5.41) is 0. The second kappa shape index (κ2) is 8.59. The number of aromatic nitrogens is 1. The van der Waals surface area contributed by atoms with Crippen LogP contribution >= 0.6 is 37.2 Å². The highest BCUT2D eigenvalue weighted by Gasteiger charge is 2.22. The molecule has 0 saturated carbocycles. The highest BCUT2D eigenvalue weighted by Crippen LogP contribution is 2.34. The SMILES string of the molecule is Cc1cc(C(C)N)cnc1N1CCc2ccccc21.Cl.Cl.Cl. The van der Waals surface area contributed by atoms with Gasteiger partial charge in [0.15, 0.2) is 0 Å². The smallest absolute Gasteiger partial charge is 0.135 e. The molecule has 1 aliphatic heterocycles. The van der Waals surface area contributed by atoms with Crippen LogP contribution in [0.15, 0.2) is 36.5 Å². The number of nitrogens with two attached hydrogens (primary N) is 1. The van der Waals surface area contributed by atoms with E-state index in [0.717, 1.165) is 24.3 Å². The fraction of sp³-hybridized carbons (Fsp3) is 0.312. The number of fused-ring (bicyclic) bond motifs is 1. The van der Waals surface area contributed by atoms with Crippen molar-refractivity contribution in [3.63, 3.8) is 0 Å². The largest absolute Gasteiger partial charge is 0.326 e. The van der Waals surface area contributed by atoms with E-state index in [0.29, 0.717) is 0 Å². The minimum Gasteiger partial charge on any atom is -0.326 e. The van der Waals surface area contributed by atoms with Crippen molar-refractivity contribution < 1.29 is 0 Å². The molecule has 2 heterocycles. The van der Waals surface area contributed by atoms with Gasteiger partial charge in [-0.05, 0) is 49.1 Å². The molecule has 3 nitrogen and oxygen atoms in total. The number of anilines is 2. The van der Waals surface area contributed by atoms with Crippen LogP contribution in [0.25, 0.3) is 0 Å². The number of para-hydroxylation sites is 1. The van der Waals surface area contributed by atoms with Crippen LogP contribution < -0.4 is 10.6 Å². The number of pyridine rings is 1. The van der Waals surface area contributed by atoms with E-state index in [1.165, 1.54) is 16.8 Å². The third kappa shape index (κ3) is 3.85. The van der Waals surface area contributed by atoms with Crippen molar-refractivity contribution in [2.75, 3.05) is 11.4 Å². The normalized spacial score (nSPS) is 13.3. The second-order valence-corrected chi connectivity index (χ2v) is 5.23. The lowest BCUT2D eigenvalue weighted by molar-refractivity contribution is 0.807. The molecule has 0 aliphatic carbocycles. The molecule has 1 atom stereocenters. The molecule has 1 unspecified atom stereocenters. The molecular weight excluding hydrogens is 341 g/mol. The monoisotopic (exact) mass is 361 g/mol. The average Bonchev–Trinajstić information content (AvgIpc) is 2.82. The lowest BCUT2D eigenvalue weighted by Crippen LogP contribution is -2.17. The van der Waals surface area contributed by atoms with Gasteiger partial charge in [0.2, 0.25) is 0 Å². The summed E-state index contributed by atoms with van der Waals surface area (Å²) in [5.74, 6) is 1.05. The van der Waals surface area contributed by atoms with E-state index in [1.54, 1.807) is 0 Å². The van der Waals surface area contributed by atoms with Gasteiger partial charge < -0.3 is 10.6 Å². The van der Waals surface area contributed by atoms with E-state index in [2.05, 4.69) is 47.1 Å². The molecule has 0 spiro atoms. The third-order valence-corrected chi connectivity index (χ3v) is 3.74. The Hall–Kier alpha value is -1.000. The van der Waals surface area contributed by atoms with E-state index in [-0.39, 0.29) is 43.3 Å². The molecular formula is C16H22Cl3N3.